The highest BCUT2D eigenvalue weighted by Gasteiger charge is 2.13. The molecule has 0 fully saturated rings. The summed E-state index contributed by atoms with van der Waals surface area (Å²) < 4.78 is 10.3. The molecule has 0 spiro atoms. The van der Waals surface area contributed by atoms with Crippen molar-refractivity contribution in [3.63, 3.8) is 0 Å². The summed E-state index contributed by atoms with van der Waals surface area (Å²) in [6, 6.07) is 13.2. The minimum atomic E-state index is -0.979. The monoisotopic (exact) mass is 365 g/mol. The van der Waals surface area contributed by atoms with Crippen LogP contribution >= 0.6 is 0 Å². The average Bonchev–Trinajstić information content (AvgIpc) is 2.70. The Kier molecular flexibility index (Phi) is 5.27. The number of benzene rings is 2. The summed E-state index contributed by atoms with van der Waals surface area (Å²) in [5, 5.41) is 6.44. The van der Waals surface area contributed by atoms with E-state index in [9.17, 15) is 14.4 Å². The largest absolute Gasteiger partial charge is 0.497 e. The summed E-state index contributed by atoms with van der Waals surface area (Å²) in [6.45, 7) is 0. The summed E-state index contributed by atoms with van der Waals surface area (Å²) in [4.78, 5) is 35.9. The van der Waals surface area contributed by atoms with E-state index in [4.69, 9.17) is 9.15 Å². The maximum Gasteiger partial charge on any atom is 0.329 e. The highest BCUT2D eigenvalue weighted by Crippen LogP contribution is 2.14. The quantitative estimate of drug-likeness (QED) is 0.417. The van der Waals surface area contributed by atoms with Crippen LogP contribution in [0.5, 0.6) is 5.75 Å². The number of nitrogens with zero attached hydrogens (tertiary/aromatic N) is 1. The molecule has 27 heavy (non-hydrogen) atoms. The number of rotatable bonds is 4. The number of hydrogen-bond donors (Lipinski definition) is 2. The lowest BCUT2D eigenvalue weighted by atomic mass is 10.2. The van der Waals surface area contributed by atoms with Crippen LogP contribution in [0.2, 0.25) is 0 Å². The van der Waals surface area contributed by atoms with E-state index in [-0.39, 0.29) is 11.0 Å². The van der Waals surface area contributed by atoms with Gasteiger partial charge >= 0.3 is 11.8 Å². The zero-order chi connectivity index (χ0) is 19.2. The lowest BCUT2D eigenvalue weighted by Gasteiger charge is -2.05. The molecule has 3 rings (SSSR count). The third-order valence-electron chi connectivity index (χ3n) is 3.63. The van der Waals surface area contributed by atoms with Gasteiger partial charge in [-0.05, 0) is 36.4 Å². The van der Waals surface area contributed by atoms with Crippen LogP contribution < -0.4 is 20.9 Å². The predicted molar refractivity (Wildman–Crippen MR) is 99.8 cm³/mol. The first-order chi connectivity index (χ1) is 13.1. The maximum absolute atomic E-state index is 12.3. The fraction of sp³-hybridized carbons (Fsp3) is 0.0526. The molecule has 0 atom stereocenters. The van der Waals surface area contributed by atoms with Crippen molar-refractivity contribution in [3.8, 4) is 5.75 Å². The molecule has 0 bridgehead atoms. The highest BCUT2D eigenvalue weighted by atomic mass is 16.5. The van der Waals surface area contributed by atoms with Crippen molar-refractivity contribution in [1.29, 1.82) is 0 Å². The Hall–Kier alpha value is -3.94. The lowest BCUT2D eigenvalue weighted by molar-refractivity contribution is -0.136. The van der Waals surface area contributed by atoms with E-state index in [1.165, 1.54) is 13.4 Å². The van der Waals surface area contributed by atoms with Gasteiger partial charge in [-0.25, -0.2) is 5.43 Å². The standard InChI is InChI=1S/C19H15N3O5/c1-26-14-8-6-13(7-9-14)21-18(24)19(25)22-20-10-12-11-27-16-5-3-2-4-15(16)17(12)23/h2-11H,1H3,(H,21,24)(H,22,25)/b20-10+. The number of amides is 2. The number of anilines is 1. The van der Waals surface area contributed by atoms with Crippen molar-refractivity contribution in [2.75, 3.05) is 12.4 Å². The molecule has 0 unspecified atom stereocenters. The Bertz CT molecular complexity index is 1070. The van der Waals surface area contributed by atoms with Gasteiger partial charge in [-0.3, -0.25) is 14.4 Å². The number of para-hydroxylation sites is 1. The van der Waals surface area contributed by atoms with E-state index in [1.807, 2.05) is 0 Å². The summed E-state index contributed by atoms with van der Waals surface area (Å²) in [5.74, 6) is -1.26. The fourth-order valence-electron chi connectivity index (χ4n) is 2.26. The normalized spacial score (nSPS) is 10.7. The Balaban J connectivity index is 1.63. The van der Waals surface area contributed by atoms with E-state index < -0.39 is 11.8 Å². The van der Waals surface area contributed by atoms with Crippen LogP contribution in [-0.2, 0) is 9.59 Å². The van der Waals surface area contributed by atoms with Crippen molar-refractivity contribution in [2.45, 2.75) is 0 Å². The van der Waals surface area contributed by atoms with Gasteiger partial charge in [0, 0.05) is 5.69 Å². The summed E-state index contributed by atoms with van der Waals surface area (Å²) in [5.41, 5.74) is 2.78. The van der Waals surface area contributed by atoms with Crippen molar-refractivity contribution in [1.82, 2.24) is 5.43 Å². The Morgan fingerprint density at radius 2 is 1.81 bits per heavy atom. The molecule has 1 aromatic heterocycles. The minimum absolute atomic E-state index is 0.143. The van der Waals surface area contributed by atoms with Gasteiger partial charge in [0.2, 0.25) is 5.43 Å². The fourth-order valence-corrected chi connectivity index (χ4v) is 2.26. The average molecular weight is 365 g/mol. The van der Waals surface area contributed by atoms with Gasteiger partial charge in [0.15, 0.2) is 0 Å². The number of methoxy groups -OCH3 is 1. The number of carbonyl (C=O) groups is 2. The molecule has 0 aliphatic heterocycles. The van der Waals surface area contributed by atoms with Gasteiger partial charge < -0.3 is 14.5 Å². The van der Waals surface area contributed by atoms with Crippen LogP contribution in [0.3, 0.4) is 0 Å². The second-order valence-electron chi connectivity index (χ2n) is 5.40. The molecule has 0 saturated heterocycles. The van der Waals surface area contributed by atoms with Crippen molar-refractivity contribution >= 4 is 34.7 Å². The summed E-state index contributed by atoms with van der Waals surface area (Å²) in [6.07, 6.45) is 2.36. The minimum Gasteiger partial charge on any atom is -0.497 e. The molecule has 0 aliphatic carbocycles. The van der Waals surface area contributed by atoms with Crippen LogP contribution in [0.25, 0.3) is 11.0 Å². The number of hydrogen-bond acceptors (Lipinski definition) is 6. The second kappa shape index (κ2) is 7.96. The third-order valence-corrected chi connectivity index (χ3v) is 3.63. The predicted octanol–water partition coefficient (Wildman–Crippen LogP) is 1.89. The molecule has 1 heterocycles. The number of nitrogens with one attached hydrogen (secondary N) is 2. The SMILES string of the molecule is COc1ccc(NC(=O)C(=O)N/N=C/c2coc3ccccc3c2=O)cc1. The zero-order valence-corrected chi connectivity index (χ0v) is 14.3. The molecular weight excluding hydrogens is 350 g/mol. The van der Waals surface area contributed by atoms with Gasteiger partial charge in [0.1, 0.15) is 17.6 Å². The molecule has 0 saturated carbocycles. The molecule has 8 nitrogen and oxygen atoms in total. The van der Waals surface area contributed by atoms with Crippen molar-refractivity contribution in [3.05, 3.63) is 70.6 Å². The molecule has 3 aromatic rings. The van der Waals surface area contributed by atoms with Gasteiger partial charge in [-0.2, -0.15) is 5.10 Å². The van der Waals surface area contributed by atoms with E-state index in [0.29, 0.717) is 22.4 Å². The van der Waals surface area contributed by atoms with Crippen molar-refractivity contribution < 1.29 is 18.7 Å². The topological polar surface area (TPSA) is 110 Å². The van der Waals surface area contributed by atoms with E-state index in [2.05, 4.69) is 15.8 Å². The number of hydrazone groups is 1. The van der Waals surface area contributed by atoms with Crippen LogP contribution in [0.4, 0.5) is 5.69 Å². The Morgan fingerprint density at radius 1 is 1.07 bits per heavy atom. The molecule has 2 aromatic carbocycles. The summed E-state index contributed by atoms with van der Waals surface area (Å²) >= 11 is 0. The molecular formula is C19H15N3O5. The summed E-state index contributed by atoms with van der Waals surface area (Å²) in [7, 11) is 1.52. The highest BCUT2D eigenvalue weighted by molar-refractivity contribution is 6.39. The van der Waals surface area contributed by atoms with Gasteiger partial charge in [-0.1, -0.05) is 12.1 Å². The lowest BCUT2D eigenvalue weighted by Crippen LogP contribution is -2.32. The first-order valence-electron chi connectivity index (χ1n) is 7.87. The maximum atomic E-state index is 12.3. The van der Waals surface area contributed by atoms with Crippen LogP contribution in [0.15, 0.2) is 69.1 Å². The second-order valence-corrected chi connectivity index (χ2v) is 5.40. The smallest absolute Gasteiger partial charge is 0.329 e. The van der Waals surface area contributed by atoms with Crippen LogP contribution in [-0.4, -0.2) is 25.1 Å². The van der Waals surface area contributed by atoms with Crippen LogP contribution in [0, 0.1) is 0 Å². The zero-order valence-electron chi connectivity index (χ0n) is 14.3. The molecule has 2 N–H and O–H groups in total. The molecule has 8 heteroatoms. The number of carbonyl (C=O) groups excluding carboxylic acids is 2. The molecule has 0 radical (unpaired) electrons. The molecule has 2 amide bonds. The van der Waals surface area contributed by atoms with Crippen molar-refractivity contribution in [2.24, 2.45) is 5.10 Å². The van der Waals surface area contributed by atoms with Gasteiger partial charge in [0.25, 0.3) is 0 Å². The first-order valence-corrected chi connectivity index (χ1v) is 7.87. The molecule has 0 aliphatic rings. The van der Waals surface area contributed by atoms with E-state index in [0.717, 1.165) is 6.21 Å². The van der Waals surface area contributed by atoms with E-state index in [1.54, 1.807) is 48.5 Å². The van der Waals surface area contributed by atoms with Crippen LogP contribution in [0.1, 0.15) is 5.56 Å². The number of fused-ring (bicyclic) bond motifs is 1. The molecule has 136 valence electrons. The first kappa shape index (κ1) is 17.9. The van der Waals surface area contributed by atoms with Gasteiger partial charge in [0.05, 0.1) is 24.3 Å². The Labute approximate surface area is 153 Å². The third kappa shape index (κ3) is 4.18. The van der Waals surface area contributed by atoms with Gasteiger partial charge in [-0.15, -0.1) is 0 Å². The Morgan fingerprint density at radius 3 is 2.56 bits per heavy atom. The number of ether oxygens (including phenoxy) is 1. The van der Waals surface area contributed by atoms with E-state index >= 15 is 0 Å².